The van der Waals surface area contributed by atoms with E-state index in [4.69, 9.17) is 32.8 Å². The Balaban J connectivity index is 2.05. The van der Waals surface area contributed by atoms with Crippen LogP contribution >= 0.6 is 34.5 Å². The average Bonchev–Trinajstić information content (AvgIpc) is 3.19. The van der Waals surface area contributed by atoms with Gasteiger partial charge < -0.3 is 14.9 Å². The predicted octanol–water partition coefficient (Wildman–Crippen LogP) is 3.24. The zero-order valence-electron chi connectivity index (χ0n) is 16.7. The van der Waals surface area contributed by atoms with E-state index in [2.05, 4.69) is 15.5 Å². The number of ether oxygens (including phenoxy) is 1. The number of esters is 1. The van der Waals surface area contributed by atoms with Gasteiger partial charge in [-0.3, -0.25) is 19.7 Å². The SMILES string of the molecule is CC(C)(O/N=C(\C(=O)Cl)c1csc(NC(=O)CCl)n1)C(=O)OCc1ccc([N+](=O)[O-])cc1. The van der Waals surface area contributed by atoms with Crippen molar-refractivity contribution in [1.29, 1.82) is 0 Å². The molecule has 1 aromatic carbocycles. The lowest BCUT2D eigenvalue weighted by Crippen LogP contribution is -2.35. The van der Waals surface area contributed by atoms with E-state index in [1.165, 1.54) is 43.5 Å². The summed E-state index contributed by atoms with van der Waals surface area (Å²) in [7, 11) is 0. The molecule has 2 aromatic rings. The minimum atomic E-state index is -1.61. The fourth-order valence-corrected chi connectivity index (χ4v) is 2.92. The molecule has 0 spiro atoms. The van der Waals surface area contributed by atoms with Gasteiger partial charge in [0, 0.05) is 17.5 Å². The van der Waals surface area contributed by atoms with Gasteiger partial charge in [0.15, 0.2) is 10.8 Å². The van der Waals surface area contributed by atoms with Crippen LogP contribution in [0.4, 0.5) is 10.8 Å². The normalized spacial score (nSPS) is 11.6. The third-order valence-corrected chi connectivity index (χ3v) is 4.85. The second-order valence-corrected chi connectivity index (χ2v) is 8.00. The van der Waals surface area contributed by atoms with Gasteiger partial charge in [-0.05, 0) is 43.1 Å². The number of nitro groups is 1. The summed E-state index contributed by atoms with van der Waals surface area (Å²) >= 11 is 12.0. The molecule has 0 aliphatic heterocycles. The Morgan fingerprint density at radius 2 is 1.94 bits per heavy atom. The maximum atomic E-state index is 12.4. The maximum absolute atomic E-state index is 12.4. The van der Waals surface area contributed by atoms with E-state index in [1.54, 1.807) is 0 Å². The molecule has 0 aliphatic carbocycles. The Bertz CT molecular complexity index is 1050. The molecular formula is C18H16Cl2N4O7S. The number of amides is 1. The van der Waals surface area contributed by atoms with Crippen molar-refractivity contribution in [3.8, 4) is 0 Å². The summed E-state index contributed by atoms with van der Waals surface area (Å²) in [5, 5.41) is 17.3. The van der Waals surface area contributed by atoms with Crippen LogP contribution in [0.25, 0.3) is 0 Å². The predicted molar refractivity (Wildman–Crippen MR) is 117 cm³/mol. The van der Waals surface area contributed by atoms with Crippen LogP contribution in [0.2, 0.25) is 0 Å². The molecular weight excluding hydrogens is 487 g/mol. The number of rotatable bonds is 10. The van der Waals surface area contributed by atoms with Crippen LogP contribution in [-0.2, 0) is 30.6 Å². The lowest BCUT2D eigenvalue weighted by molar-refractivity contribution is -0.384. The molecule has 0 saturated heterocycles. The number of benzene rings is 1. The van der Waals surface area contributed by atoms with Crippen LogP contribution in [0.5, 0.6) is 0 Å². The molecule has 32 heavy (non-hydrogen) atoms. The topological polar surface area (TPSA) is 150 Å². The van der Waals surface area contributed by atoms with Crippen molar-refractivity contribution in [2.24, 2.45) is 5.16 Å². The van der Waals surface area contributed by atoms with E-state index in [0.717, 1.165) is 11.3 Å². The van der Waals surface area contributed by atoms with Gasteiger partial charge in [0.2, 0.25) is 11.5 Å². The Morgan fingerprint density at radius 1 is 1.28 bits per heavy atom. The van der Waals surface area contributed by atoms with Gasteiger partial charge in [0.25, 0.3) is 10.9 Å². The van der Waals surface area contributed by atoms with Crippen LogP contribution < -0.4 is 5.32 Å². The number of non-ortho nitro benzene ring substituents is 1. The summed E-state index contributed by atoms with van der Waals surface area (Å²) in [4.78, 5) is 54.8. The van der Waals surface area contributed by atoms with Gasteiger partial charge in [-0.25, -0.2) is 9.78 Å². The van der Waals surface area contributed by atoms with E-state index in [9.17, 15) is 24.5 Å². The van der Waals surface area contributed by atoms with Crippen molar-refractivity contribution in [2.75, 3.05) is 11.2 Å². The first kappa shape index (κ1) is 25.2. The number of nitrogens with one attached hydrogen (secondary N) is 1. The highest BCUT2D eigenvalue weighted by atomic mass is 35.5. The molecule has 1 N–H and O–H groups in total. The molecule has 0 atom stereocenters. The molecule has 0 radical (unpaired) electrons. The number of carbonyl (C=O) groups is 3. The molecule has 0 fully saturated rings. The Labute approximate surface area is 195 Å². The Hall–Kier alpha value is -3.09. The summed E-state index contributed by atoms with van der Waals surface area (Å²) in [6.07, 6.45) is 0. The van der Waals surface area contributed by atoms with Crippen LogP contribution in [0.3, 0.4) is 0 Å². The summed E-state index contributed by atoms with van der Waals surface area (Å²) in [6, 6.07) is 5.46. The molecule has 1 heterocycles. The van der Waals surface area contributed by atoms with Crippen LogP contribution in [0.1, 0.15) is 25.1 Å². The minimum Gasteiger partial charge on any atom is -0.458 e. The smallest absolute Gasteiger partial charge is 0.353 e. The Morgan fingerprint density at radius 3 is 2.50 bits per heavy atom. The lowest BCUT2D eigenvalue weighted by Gasteiger charge is -2.20. The van der Waals surface area contributed by atoms with Crippen LogP contribution in [0, 0.1) is 10.1 Å². The van der Waals surface area contributed by atoms with Crippen LogP contribution in [0.15, 0.2) is 34.8 Å². The van der Waals surface area contributed by atoms with Gasteiger partial charge in [-0.15, -0.1) is 22.9 Å². The average molecular weight is 503 g/mol. The number of nitrogens with zero attached hydrogens (tertiary/aromatic N) is 3. The fraction of sp³-hybridized carbons (Fsp3) is 0.278. The molecule has 0 saturated carbocycles. The first-order valence-corrected chi connectivity index (χ1v) is 10.5. The Kier molecular flexibility index (Phi) is 8.63. The quantitative estimate of drug-likeness (QED) is 0.130. The highest BCUT2D eigenvalue weighted by Crippen LogP contribution is 2.20. The van der Waals surface area contributed by atoms with E-state index in [-0.39, 0.29) is 34.7 Å². The summed E-state index contributed by atoms with van der Waals surface area (Å²) in [5.41, 5.74) is -1.54. The summed E-state index contributed by atoms with van der Waals surface area (Å²) in [5.74, 6) is -1.57. The molecule has 2 rings (SSSR count). The molecule has 0 bridgehead atoms. The molecule has 170 valence electrons. The molecule has 1 aromatic heterocycles. The number of carbonyl (C=O) groups excluding carboxylic acids is 3. The third-order valence-electron chi connectivity index (χ3n) is 3.67. The number of halogens is 2. The van der Waals surface area contributed by atoms with E-state index >= 15 is 0 Å². The number of oxime groups is 1. The molecule has 1 amide bonds. The molecule has 0 aliphatic rings. The van der Waals surface area contributed by atoms with Crippen molar-refractivity contribution >= 4 is 68.2 Å². The zero-order chi connectivity index (χ0) is 23.9. The maximum Gasteiger partial charge on any atom is 0.353 e. The zero-order valence-corrected chi connectivity index (χ0v) is 19.0. The van der Waals surface area contributed by atoms with Crippen LogP contribution in [-0.4, -0.2) is 44.2 Å². The van der Waals surface area contributed by atoms with Gasteiger partial charge in [-0.1, -0.05) is 5.16 Å². The largest absolute Gasteiger partial charge is 0.458 e. The van der Waals surface area contributed by atoms with Crippen molar-refractivity contribution in [2.45, 2.75) is 26.1 Å². The molecule has 11 nitrogen and oxygen atoms in total. The number of alkyl halides is 1. The third kappa shape index (κ3) is 6.97. The number of anilines is 1. The van der Waals surface area contributed by atoms with Crippen molar-refractivity contribution in [3.63, 3.8) is 0 Å². The van der Waals surface area contributed by atoms with Gasteiger partial charge in [0.1, 0.15) is 18.2 Å². The number of hydrogen-bond donors (Lipinski definition) is 1. The number of aromatic nitrogens is 1. The first-order valence-electron chi connectivity index (χ1n) is 8.71. The highest BCUT2D eigenvalue weighted by molar-refractivity contribution is 7.14. The van der Waals surface area contributed by atoms with Gasteiger partial charge in [0.05, 0.1) is 4.92 Å². The molecule has 14 heteroatoms. The summed E-state index contributed by atoms with van der Waals surface area (Å²) < 4.78 is 5.16. The van der Waals surface area contributed by atoms with E-state index < -0.39 is 27.6 Å². The minimum absolute atomic E-state index is 0.0231. The number of hydrogen-bond acceptors (Lipinski definition) is 10. The summed E-state index contributed by atoms with van der Waals surface area (Å²) in [6.45, 7) is 2.56. The van der Waals surface area contributed by atoms with Gasteiger partial charge in [-0.2, -0.15) is 0 Å². The van der Waals surface area contributed by atoms with Crippen molar-refractivity contribution in [1.82, 2.24) is 4.98 Å². The second kappa shape index (κ2) is 11.0. The standard InChI is InChI=1S/C18H16Cl2N4O7S/c1-18(2,16(27)30-8-10-3-5-11(6-4-10)24(28)29)31-23-14(15(20)26)12-9-32-17(21-12)22-13(25)7-19/h3-6,9H,7-8H2,1-2H3,(H,21,22,25)/b23-14-. The van der Waals surface area contributed by atoms with Crippen molar-refractivity contribution in [3.05, 3.63) is 51.0 Å². The highest BCUT2D eigenvalue weighted by Gasteiger charge is 2.33. The van der Waals surface area contributed by atoms with Gasteiger partial charge >= 0.3 is 5.97 Å². The second-order valence-electron chi connectivity index (χ2n) is 6.53. The monoisotopic (exact) mass is 502 g/mol. The number of nitro benzene ring substituents is 1. The van der Waals surface area contributed by atoms with E-state index in [0.29, 0.717) is 5.56 Å². The lowest BCUT2D eigenvalue weighted by atomic mass is 10.1. The van der Waals surface area contributed by atoms with Crippen molar-refractivity contribution < 1.29 is 28.9 Å². The fourth-order valence-electron chi connectivity index (χ4n) is 2.01. The van der Waals surface area contributed by atoms with E-state index in [1.807, 2.05) is 0 Å². The molecule has 0 unspecified atom stereocenters. The first-order chi connectivity index (χ1) is 15.0. The number of thiazole rings is 1.